The van der Waals surface area contributed by atoms with Crippen LogP contribution < -0.4 is 14.4 Å². The van der Waals surface area contributed by atoms with Gasteiger partial charge >= 0.3 is 0 Å². The van der Waals surface area contributed by atoms with Crippen LogP contribution in [-0.2, 0) is 4.79 Å². The van der Waals surface area contributed by atoms with Gasteiger partial charge in [-0.15, -0.1) is 0 Å². The second-order valence-electron chi connectivity index (χ2n) is 6.91. The fourth-order valence-corrected chi connectivity index (χ4v) is 3.20. The van der Waals surface area contributed by atoms with Crippen LogP contribution >= 0.6 is 11.6 Å². The number of carbonyl (C=O) groups is 1. The predicted octanol–water partition coefficient (Wildman–Crippen LogP) is 5.51. The van der Waals surface area contributed by atoms with Crippen LogP contribution in [0.4, 0.5) is 5.69 Å². The summed E-state index contributed by atoms with van der Waals surface area (Å²) in [5, 5.41) is 0.605. The molecule has 7 heteroatoms. The van der Waals surface area contributed by atoms with Gasteiger partial charge in [-0.25, -0.2) is 9.97 Å². The van der Waals surface area contributed by atoms with Crippen LogP contribution in [0.5, 0.6) is 17.4 Å². The lowest BCUT2D eigenvalue weighted by molar-refractivity contribution is -0.124. The van der Waals surface area contributed by atoms with Crippen molar-refractivity contribution in [3.63, 3.8) is 0 Å². The van der Waals surface area contributed by atoms with E-state index in [1.807, 2.05) is 30.3 Å². The van der Waals surface area contributed by atoms with E-state index in [2.05, 4.69) is 9.97 Å². The summed E-state index contributed by atoms with van der Waals surface area (Å²) in [7, 11) is 1.73. The minimum atomic E-state index is -0.643. The van der Waals surface area contributed by atoms with Gasteiger partial charge in [0.25, 0.3) is 5.91 Å². The number of ether oxygens (including phenoxy) is 2. The Kier molecular flexibility index (Phi) is 6.00. The third kappa shape index (κ3) is 4.92. The first-order valence-electron chi connectivity index (χ1n) is 9.69. The lowest BCUT2D eigenvalue weighted by Crippen LogP contribution is -2.37. The molecule has 3 aromatic carbocycles. The quantitative estimate of drug-likeness (QED) is 0.401. The van der Waals surface area contributed by atoms with E-state index in [1.54, 1.807) is 67.5 Å². The third-order valence-corrected chi connectivity index (χ3v) is 4.90. The van der Waals surface area contributed by atoms with Gasteiger partial charge in [-0.2, -0.15) is 0 Å². The highest BCUT2D eigenvalue weighted by atomic mass is 35.5. The maximum atomic E-state index is 12.6. The lowest BCUT2D eigenvalue weighted by atomic mass is 10.2. The molecule has 1 unspecified atom stereocenters. The highest BCUT2D eigenvalue weighted by Crippen LogP contribution is 2.25. The van der Waals surface area contributed by atoms with Crippen molar-refractivity contribution in [2.75, 3.05) is 11.9 Å². The fraction of sp³-hybridized carbons (Fsp3) is 0.125. The molecule has 0 aliphatic rings. The largest absolute Gasteiger partial charge is 0.481 e. The Morgan fingerprint density at radius 1 is 0.968 bits per heavy atom. The van der Waals surface area contributed by atoms with E-state index in [1.165, 1.54) is 0 Å². The molecule has 0 aliphatic carbocycles. The van der Waals surface area contributed by atoms with Gasteiger partial charge in [0, 0.05) is 17.8 Å². The lowest BCUT2D eigenvalue weighted by Gasteiger charge is -2.22. The van der Waals surface area contributed by atoms with Crippen molar-refractivity contribution in [1.82, 2.24) is 9.97 Å². The maximum absolute atomic E-state index is 12.6. The van der Waals surface area contributed by atoms with Crippen molar-refractivity contribution in [3.8, 4) is 17.4 Å². The van der Waals surface area contributed by atoms with Crippen molar-refractivity contribution in [2.45, 2.75) is 13.0 Å². The number of fused-ring (bicyclic) bond motifs is 1. The number of amides is 1. The molecular weight excluding hydrogens is 414 g/mol. The number of hydrogen-bond acceptors (Lipinski definition) is 5. The minimum absolute atomic E-state index is 0.141. The standard InChI is InChI=1S/C24H20ClN3O3/c1-16(24(29)28(2)18-6-4-3-5-7-18)30-19-9-11-20(12-10-19)31-23-15-26-22-14-17(25)8-13-21(22)27-23/h3-16H,1-2H3. The van der Waals surface area contributed by atoms with E-state index in [-0.39, 0.29) is 5.91 Å². The molecule has 0 fully saturated rings. The van der Waals surface area contributed by atoms with Gasteiger partial charge in [0.2, 0.25) is 5.88 Å². The van der Waals surface area contributed by atoms with Crippen molar-refractivity contribution < 1.29 is 14.3 Å². The maximum Gasteiger partial charge on any atom is 0.267 e. The number of para-hydroxylation sites is 1. The highest BCUT2D eigenvalue weighted by Gasteiger charge is 2.20. The van der Waals surface area contributed by atoms with Crippen LogP contribution in [0.1, 0.15) is 6.92 Å². The second kappa shape index (κ2) is 9.02. The summed E-state index contributed by atoms with van der Waals surface area (Å²) >= 11 is 5.97. The number of rotatable bonds is 6. The smallest absolute Gasteiger partial charge is 0.267 e. The van der Waals surface area contributed by atoms with E-state index in [4.69, 9.17) is 21.1 Å². The molecule has 0 bridgehead atoms. The first-order valence-corrected chi connectivity index (χ1v) is 10.1. The summed E-state index contributed by atoms with van der Waals surface area (Å²) in [6.45, 7) is 1.73. The normalized spacial score (nSPS) is 11.7. The Morgan fingerprint density at radius 2 is 1.68 bits per heavy atom. The molecule has 31 heavy (non-hydrogen) atoms. The Morgan fingerprint density at radius 3 is 2.42 bits per heavy atom. The Hall–Kier alpha value is -3.64. The van der Waals surface area contributed by atoms with E-state index >= 15 is 0 Å². The minimum Gasteiger partial charge on any atom is -0.481 e. The molecule has 1 amide bonds. The molecule has 1 heterocycles. The first kappa shape index (κ1) is 20.6. The Bertz CT molecular complexity index is 1200. The van der Waals surface area contributed by atoms with E-state index in [0.717, 1.165) is 5.69 Å². The second-order valence-corrected chi connectivity index (χ2v) is 7.34. The van der Waals surface area contributed by atoms with Crippen LogP contribution in [0.2, 0.25) is 5.02 Å². The van der Waals surface area contributed by atoms with Gasteiger partial charge in [0.05, 0.1) is 17.2 Å². The van der Waals surface area contributed by atoms with Crippen molar-refractivity contribution in [2.24, 2.45) is 0 Å². The summed E-state index contributed by atoms with van der Waals surface area (Å²) in [4.78, 5) is 23.0. The average Bonchev–Trinajstić information content (AvgIpc) is 2.80. The first-order chi connectivity index (χ1) is 15.0. The third-order valence-electron chi connectivity index (χ3n) is 4.66. The number of hydrogen-bond donors (Lipinski definition) is 0. The molecule has 1 aromatic heterocycles. The molecule has 156 valence electrons. The molecule has 0 saturated carbocycles. The number of anilines is 1. The Balaban J connectivity index is 1.40. The summed E-state index contributed by atoms with van der Waals surface area (Å²) < 4.78 is 11.6. The van der Waals surface area contributed by atoms with Crippen LogP contribution in [0.15, 0.2) is 79.0 Å². The molecule has 1 atom stereocenters. The topological polar surface area (TPSA) is 64.5 Å². The van der Waals surface area contributed by atoms with E-state index < -0.39 is 6.10 Å². The molecular formula is C24H20ClN3O3. The molecule has 4 rings (SSSR count). The van der Waals surface area contributed by atoms with E-state index in [9.17, 15) is 4.79 Å². The monoisotopic (exact) mass is 433 g/mol. The van der Waals surface area contributed by atoms with Crippen molar-refractivity contribution in [3.05, 3.63) is 84.0 Å². The zero-order valence-corrected chi connectivity index (χ0v) is 17.8. The SMILES string of the molecule is CC(Oc1ccc(Oc2cnc3cc(Cl)ccc3n2)cc1)C(=O)N(C)c1ccccc1. The number of nitrogens with zero attached hydrogens (tertiary/aromatic N) is 3. The molecule has 0 spiro atoms. The number of halogens is 1. The van der Waals surface area contributed by atoms with Crippen LogP contribution in [-0.4, -0.2) is 29.0 Å². The van der Waals surface area contributed by atoms with Crippen LogP contribution in [0.25, 0.3) is 11.0 Å². The molecule has 0 radical (unpaired) electrons. The van der Waals surface area contributed by atoms with E-state index in [0.29, 0.717) is 33.4 Å². The number of carbonyl (C=O) groups excluding carboxylic acids is 1. The van der Waals surface area contributed by atoms with Gasteiger partial charge in [-0.05, 0) is 61.5 Å². The number of benzene rings is 3. The van der Waals surface area contributed by atoms with Gasteiger partial charge in [0.15, 0.2) is 6.10 Å². The Labute approximate surface area is 185 Å². The summed E-state index contributed by atoms with van der Waals surface area (Å²) in [6, 6.07) is 21.7. The summed E-state index contributed by atoms with van der Waals surface area (Å²) in [6.07, 6.45) is 0.901. The van der Waals surface area contributed by atoms with Gasteiger partial charge in [0.1, 0.15) is 11.5 Å². The number of likely N-dealkylation sites (N-methyl/N-ethyl adjacent to an activating group) is 1. The number of aromatic nitrogens is 2. The highest BCUT2D eigenvalue weighted by molar-refractivity contribution is 6.31. The van der Waals surface area contributed by atoms with Crippen molar-refractivity contribution >= 4 is 34.2 Å². The zero-order chi connectivity index (χ0) is 21.8. The zero-order valence-electron chi connectivity index (χ0n) is 17.0. The average molecular weight is 434 g/mol. The molecule has 0 saturated heterocycles. The molecule has 6 nitrogen and oxygen atoms in total. The van der Waals surface area contributed by atoms with Crippen LogP contribution in [0.3, 0.4) is 0 Å². The summed E-state index contributed by atoms with van der Waals surface area (Å²) in [5.74, 6) is 1.37. The van der Waals surface area contributed by atoms with Gasteiger partial charge in [-0.3, -0.25) is 4.79 Å². The van der Waals surface area contributed by atoms with Gasteiger partial charge in [-0.1, -0.05) is 29.8 Å². The van der Waals surface area contributed by atoms with Gasteiger partial charge < -0.3 is 14.4 Å². The van der Waals surface area contributed by atoms with Crippen LogP contribution in [0, 0.1) is 0 Å². The van der Waals surface area contributed by atoms with Crippen molar-refractivity contribution in [1.29, 1.82) is 0 Å². The molecule has 0 aliphatic heterocycles. The fourth-order valence-electron chi connectivity index (χ4n) is 3.03. The summed E-state index contributed by atoms with van der Waals surface area (Å²) in [5.41, 5.74) is 2.20. The predicted molar refractivity (Wildman–Crippen MR) is 121 cm³/mol. The molecule has 0 N–H and O–H groups in total. The molecule has 4 aromatic rings.